The summed E-state index contributed by atoms with van der Waals surface area (Å²) in [6.07, 6.45) is 8.95. The Morgan fingerprint density at radius 2 is 1.84 bits per heavy atom. The molecule has 38 heavy (non-hydrogen) atoms. The Morgan fingerprint density at radius 3 is 2.53 bits per heavy atom. The van der Waals surface area contributed by atoms with Crippen molar-refractivity contribution in [2.75, 3.05) is 16.0 Å². The van der Waals surface area contributed by atoms with Gasteiger partial charge in [0.1, 0.15) is 5.82 Å². The van der Waals surface area contributed by atoms with Crippen molar-refractivity contribution in [2.24, 2.45) is 11.7 Å². The molecule has 2 fully saturated rings. The summed E-state index contributed by atoms with van der Waals surface area (Å²) in [7, 11) is 0. The van der Waals surface area contributed by atoms with Crippen LogP contribution >= 0.6 is 0 Å². The van der Waals surface area contributed by atoms with Gasteiger partial charge in [-0.2, -0.15) is 0 Å². The van der Waals surface area contributed by atoms with Gasteiger partial charge in [0.2, 0.25) is 0 Å². The topological polar surface area (TPSA) is 160 Å². The zero-order valence-corrected chi connectivity index (χ0v) is 21.2. The van der Waals surface area contributed by atoms with Gasteiger partial charge in [0.15, 0.2) is 22.9 Å². The summed E-state index contributed by atoms with van der Waals surface area (Å²) in [6.45, 7) is 1.53. The van der Waals surface area contributed by atoms with Gasteiger partial charge in [0.25, 0.3) is 5.91 Å². The minimum atomic E-state index is -0.848. The number of nitrogens with one attached hydrogen (secondary N) is 3. The fourth-order valence-electron chi connectivity index (χ4n) is 4.82. The number of hydrogen-bond donors (Lipinski definition) is 5. The second-order valence-electron chi connectivity index (χ2n) is 10.3. The summed E-state index contributed by atoms with van der Waals surface area (Å²) >= 11 is 0. The second-order valence-corrected chi connectivity index (χ2v) is 10.3. The Kier molecular flexibility index (Phi) is 7.52. The van der Waals surface area contributed by atoms with Gasteiger partial charge in [0, 0.05) is 30.8 Å². The zero-order valence-electron chi connectivity index (χ0n) is 21.2. The first-order valence-electron chi connectivity index (χ1n) is 13.1. The third-order valence-electron chi connectivity index (χ3n) is 7.24. The first-order valence-corrected chi connectivity index (χ1v) is 13.1. The SMILES string of the molecule is C[C@@H](O)[C@H](N)C(=O)CC1CCC(Nc2cc(NC3CC3)c3ncc(C(=O)Nc4ccncc4F)n3n2)CC1. The summed E-state index contributed by atoms with van der Waals surface area (Å²) in [6, 6.07) is 2.96. The highest BCUT2D eigenvalue weighted by atomic mass is 19.1. The van der Waals surface area contributed by atoms with Crippen LogP contribution in [0.2, 0.25) is 0 Å². The molecule has 2 saturated carbocycles. The number of imidazole rings is 1. The van der Waals surface area contributed by atoms with Crippen molar-refractivity contribution in [3.05, 3.63) is 42.2 Å². The van der Waals surface area contributed by atoms with Crippen molar-refractivity contribution in [3.63, 3.8) is 0 Å². The van der Waals surface area contributed by atoms with Crippen LogP contribution in [-0.2, 0) is 4.79 Å². The van der Waals surface area contributed by atoms with E-state index in [0.717, 1.165) is 50.4 Å². The molecular formula is C26H33FN8O3. The van der Waals surface area contributed by atoms with Gasteiger partial charge in [-0.1, -0.05) is 0 Å². The van der Waals surface area contributed by atoms with Gasteiger partial charge < -0.3 is 26.8 Å². The van der Waals surface area contributed by atoms with E-state index < -0.39 is 23.9 Å². The summed E-state index contributed by atoms with van der Waals surface area (Å²) in [5.74, 6) is -0.433. The van der Waals surface area contributed by atoms with Gasteiger partial charge in [-0.25, -0.2) is 13.9 Å². The van der Waals surface area contributed by atoms with Crippen LogP contribution in [0.1, 0.15) is 62.4 Å². The van der Waals surface area contributed by atoms with Crippen molar-refractivity contribution in [3.8, 4) is 0 Å². The number of carbonyl (C=O) groups excluding carboxylic acids is 2. The average molecular weight is 525 g/mol. The van der Waals surface area contributed by atoms with E-state index in [9.17, 15) is 19.1 Å². The fourth-order valence-corrected chi connectivity index (χ4v) is 4.82. The molecule has 5 rings (SSSR count). The molecule has 6 N–H and O–H groups in total. The Bertz CT molecular complexity index is 1320. The highest BCUT2D eigenvalue weighted by molar-refractivity contribution is 6.03. The first-order chi connectivity index (χ1) is 18.3. The van der Waals surface area contributed by atoms with Crippen LogP contribution in [0.3, 0.4) is 0 Å². The smallest absolute Gasteiger partial charge is 0.276 e. The number of rotatable bonds is 10. The Labute approximate surface area is 219 Å². The van der Waals surface area contributed by atoms with Crippen molar-refractivity contribution < 1.29 is 19.1 Å². The number of hydrogen-bond acceptors (Lipinski definition) is 9. The molecule has 3 aromatic heterocycles. The van der Waals surface area contributed by atoms with Crippen LogP contribution < -0.4 is 21.7 Å². The molecule has 2 atom stereocenters. The standard InChI is InChI=1S/C26H33FN8O3/c1-14(36)24(28)22(37)10-15-2-4-17(5-3-15)32-23-11-20(31-16-6-7-16)25-30-13-21(35(25)34-23)26(38)33-19-8-9-29-12-18(19)27/h8-9,11-17,24,31,36H,2-7,10,28H2,1H3,(H,32,34)(H,29,33,38)/t14-,15?,17?,24+/m1/s1. The maximum atomic E-state index is 14.0. The molecule has 0 saturated heterocycles. The third kappa shape index (κ3) is 5.91. The number of amides is 1. The number of pyridine rings is 1. The molecule has 0 bridgehead atoms. The number of ketones is 1. The Morgan fingerprint density at radius 1 is 1.13 bits per heavy atom. The predicted octanol–water partition coefficient (Wildman–Crippen LogP) is 2.73. The van der Waals surface area contributed by atoms with Crippen molar-refractivity contribution in [1.29, 1.82) is 0 Å². The van der Waals surface area contributed by atoms with E-state index in [1.54, 1.807) is 0 Å². The van der Waals surface area contributed by atoms with E-state index in [2.05, 4.69) is 31.0 Å². The molecule has 11 nitrogen and oxygen atoms in total. The average Bonchev–Trinajstić information content (AvgIpc) is 3.61. The van der Waals surface area contributed by atoms with Crippen LogP contribution in [0.25, 0.3) is 5.65 Å². The van der Waals surface area contributed by atoms with E-state index in [0.29, 0.717) is 23.9 Å². The quantitative estimate of drug-likeness (QED) is 0.269. The molecule has 0 unspecified atom stereocenters. The van der Waals surface area contributed by atoms with E-state index in [1.807, 2.05) is 6.07 Å². The maximum Gasteiger partial charge on any atom is 0.276 e. The number of aliphatic hydroxyl groups excluding tert-OH is 1. The normalized spacial score (nSPS) is 21.1. The molecule has 0 aromatic carbocycles. The summed E-state index contributed by atoms with van der Waals surface area (Å²) in [5.41, 5.74) is 7.28. The van der Waals surface area contributed by atoms with Gasteiger partial charge in [0.05, 0.1) is 35.9 Å². The lowest BCUT2D eigenvalue weighted by Gasteiger charge is -2.30. The van der Waals surface area contributed by atoms with E-state index in [4.69, 9.17) is 5.73 Å². The number of nitrogens with zero attached hydrogens (tertiary/aromatic N) is 4. The van der Waals surface area contributed by atoms with E-state index >= 15 is 0 Å². The number of Topliss-reactive ketones (excluding diaryl/α,β-unsaturated/α-hetero) is 1. The predicted molar refractivity (Wildman–Crippen MR) is 140 cm³/mol. The number of nitrogens with two attached hydrogens (primary N) is 1. The van der Waals surface area contributed by atoms with Crippen LogP contribution in [-0.4, -0.2) is 60.6 Å². The number of aliphatic hydroxyl groups is 1. The minimum absolute atomic E-state index is 0.0233. The van der Waals surface area contributed by atoms with Crippen LogP contribution in [0.15, 0.2) is 30.7 Å². The molecule has 3 aromatic rings. The molecule has 202 valence electrons. The van der Waals surface area contributed by atoms with Crippen LogP contribution in [0, 0.1) is 11.7 Å². The summed E-state index contributed by atoms with van der Waals surface area (Å²) < 4.78 is 15.5. The molecule has 3 heterocycles. The molecule has 0 aliphatic heterocycles. The highest BCUT2D eigenvalue weighted by Crippen LogP contribution is 2.32. The van der Waals surface area contributed by atoms with Crippen molar-refractivity contribution in [2.45, 2.75) is 76.1 Å². The van der Waals surface area contributed by atoms with Gasteiger partial charge in [-0.15, -0.1) is 5.10 Å². The van der Waals surface area contributed by atoms with Gasteiger partial charge in [-0.3, -0.25) is 14.6 Å². The third-order valence-corrected chi connectivity index (χ3v) is 7.24. The molecule has 12 heteroatoms. The lowest BCUT2D eigenvalue weighted by Crippen LogP contribution is -2.41. The number of aromatic nitrogens is 4. The molecule has 1 amide bonds. The van der Waals surface area contributed by atoms with Gasteiger partial charge in [-0.05, 0) is 57.4 Å². The minimum Gasteiger partial charge on any atom is -0.391 e. The highest BCUT2D eigenvalue weighted by Gasteiger charge is 2.28. The second kappa shape index (κ2) is 11.0. The molecule has 0 radical (unpaired) electrons. The molecular weight excluding hydrogens is 491 g/mol. The van der Waals surface area contributed by atoms with Crippen molar-refractivity contribution >= 4 is 34.5 Å². The number of fused-ring (bicyclic) bond motifs is 1. The monoisotopic (exact) mass is 524 g/mol. The first kappa shape index (κ1) is 26.0. The Hall–Kier alpha value is -3.64. The zero-order chi connectivity index (χ0) is 26.8. The summed E-state index contributed by atoms with van der Waals surface area (Å²) in [5, 5.41) is 23.8. The van der Waals surface area contributed by atoms with E-state index in [1.165, 1.54) is 29.9 Å². The lowest BCUT2D eigenvalue weighted by molar-refractivity contribution is -0.123. The number of halogens is 1. The van der Waals surface area contributed by atoms with Crippen LogP contribution in [0.5, 0.6) is 0 Å². The fraction of sp³-hybridized carbons (Fsp3) is 0.500. The summed E-state index contributed by atoms with van der Waals surface area (Å²) in [4.78, 5) is 33.4. The molecule has 2 aliphatic rings. The molecule has 2 aliphatic carbocycles. The maximum absolute atomic E-state index is 14.0. The Balaban J connectivity index is 1.30. The largest absolute Gasteiger partial charge is 0.391 e. The molecule has 0 spiro atoms. The van der Waals surface area contributed by atoms with Gasteiger partial charge >= 0.3 is 0 Å². The van der Waals surface area contributed by atoms with E-state index in [-0.39, 0.29) is 29.1 Å². The van der Waals surface area contributed by atoms with Crippen LogP contribution in [0.4, 0.5) is 21.6 Å². The van der Waals surface area contributed by atoms with Crippen molar-refractivity contribution in [1.82, 2.24) is 19.6 Å². The number of anilines is 3. The lowest BCUT2D eigenvalue weighted by atomic mass is 9.82. The number of carbonyl (C=O) groups is 2.